The summed E-state index contributed by atoms with van der Waals surface area (Å²) in [5, 5.41) is 2.96. The zero-order chi connectivity index (χ0) is 27.3. The fourth-order valence-corrected chi connectivity index (χ4v) is 4.76. The van der Waals surface area contributed by atoms with E-state index in [1.54, 1.807) is 12.1 Å². The van der Waals surface area contributed by atoms with Crippen LogP contribution in [0.3, 0.4) is 0 Å². The molecule has 2 aliphatic rings. The van der Waals surface area contributed by atoms with E-state index < -0.39 is 57.5 Å². The van der Waals surface area contributed by atoms with Gasteiger partial charge in [-0.05, 0) is 50.4 Å². The predicted octanol–water partition coefficient (Wildman–Crippen LogP) is 4.62. The Kier molecular flexibility index (Phi) is 8.72. The Morgan fingerprint density at radius 1 is 1.18 bits per heavy atom. The van der Waals surface area contributed by atoms with Gasteiger partial charge in [0.15, 0.2) is 17.4 Å². The Bertz CT molecular complexity index is 1310. The van der Waals surface area contributed by atoms with Crippen LogP contribution in [0.4, 0.5) is 33.6 Å². The molecule has 0 amide bonds. The molecule has 2 aromatic heterocycles. The number of nitrogens with zero attached hydrogens (tertiary/aromatic N) is 3. The van der Waals surface area contributed by atoms with Crippen LogP contribution in [-0.2, 0) is 11.0 Å². The zero-order valence-corrected chi connectivity index (χ0v) is 20.8. The summed E-state index contributed by atoms with van der Waals surface area (Å²) in [6.45, 7) is 1.57. The Balaban J connectivity index is 0.000000417. The molecule has 1 aromatic carbocycles. The van der Waals surface area contributed by atoms with Gasteiger partial charge in [-0.15, -0.1) is 0 Å². The highest BCUT2D eigenvalue weighted by Gasteiger charge is 2.45. The number of aromatic nitrogens is 3. The molecule has 0 radical (unpaired) electrons. The number of nitrogens with two attached hydrogens (primary N) is 1. The molecule has 5 rings (SSSR count). The third kappa shape index (κ3) is 7.13. The molecule has 14 heteroatoms. The number of hydrogen-bond donors (Lipinski definition) is 3. The van der Waals surface area contributed by atoms with Crippen LogP contribution >= 0.6 is 0 Å². The summed E-state index contributed by atoms with van der Waals surface area (Å²) < 4.78 is 88.5. The number of alkyl halides is 2. The van der Waals surface area contributed by atoms with Crippen LogP contribution in [0.2, 0.25) is 0 Å². The average Bonchev–Trinajstić information content (AvgIpc) is 3.62. The normalized spacial score (nSPS) is 18.6. The maximum atomic E-state index is 14.6. The molecule has 2 atom stereocenters. The fourth-order valence-electron chi connectivity index (χ4n) is 3.51. The summed E-state index contributed by atoms with van der Waals surface area (Å²) >= 11 is 0. The van der Waals surface area contributed by atoms with E-state index in [0.717, 1.165) is 19.4 Å². The van der Waals surface area contributed by atoms with Crippen LogP contribution in [0.1, 0.15) is 25.7 Å². The topological polar surface area (TPSA) is 115 Å². The largest absolute Gasteiger partial charge is 0.435 e. The predicted molar refractivity (Wildman–Crippen MR) is 133 cm³/mol. The number of pyridine rings is 1. The van der Waals surface area contributed by atoms with Crippen LogP contribution in [0.15, 0.2) is 36.7 Å². The number of anilines is 2. The van der Waals surface area contributed by atoms with Crippen molar-refractivity contribution in [2.24, 2.45) is 0 Å². The van der Waals surface area contributed by atoms with Crippen LogP contribution < -0.4 is 20.5 Å². The van der Waals surface area contributed by atoms with Gasteiger partial charge in [-0.1, -0.05) is 0 Å². The SMILES string of the molecule is FC1CCCNC1.Nc1nccc(-c2cccnc2Oc2cc(F)c(NS(=O)CC3(F)CC3)c(F)c2F)n1. The number of hydrogen-bond acceptors (Lipinski definition) is 7. The van der Waals surface area contributed by atoms with Crippen LogP contribution in [0.5, 0.6) is 11.6 Å². The highest BCUT2D eigenvalue weighted by molar-refractivity contribution is 7.86. The first kappa shape index (κ1) is 27.6. The van der Waals surface area contributed by atoms with Gasteiger partial charge in [0.2, 0.25) is 17.6 Å². The number of ether oxygens (including phenoxy) is 1. The average molecular weight is 557 g/mol. The Hall–Kier alpha value is -3.39. The maximum absolute atomic E-state index is 14.6. The van der Waals surface area contributed by atoms with Gasteiger partial charge in [-0.2, -0.15) is 4.39 Å². The van der Waals surface area contributed by atoms with Crippen LogP contribution in [-0.4, -0.2) is 49.8 Å². The van der Waals surface area contributed by atoms with Crippen molar-refractivity contribution < 1.29 is 30.9 Å². The minimum Gasteiger partial charge on any atom is -0.435 e. The van der Waals surface area contributed by atoms with Crippen molar-refractivity contribution in [2.75, 3.05) is 29.3 Å². The molecular weight excluding hydrogens is 531 g/mol. The Labute approximate surface area is 217 Å². The van der Waals surface area contributed by atoms with Crippen molar-refractivity contribution in [3.05, 3.63) is 54.1 Å². The number of piperidine rings is 1. The van der Waals surface area contributed by atoms with E-state index in [-0.39, 0.29) is 30.2 Å². The Morgan fingerprint density at radius 2 is 1.97 bits per heavy atom. The molecule has 0 spiro atoms. The number of nitrogen functional groups attached to an aromatic ring is 1. The number of rotatable bonds is 7. The zero-order valence-electron chi connectivity index (χ0n) is 20.0. The van der Waals surface area contributed by atoms with Gasteiger partial charge in [-0.3, -0.25) is 4.72 Å². The molecule has 38 heavy (non-hydrogen) atoms. The minimum atomic E-state index is -2.13. The van der Waals surface area contributed by atoms with E-state index in [4.69, 9.17) is 10.5 Å². The molecule has 8 nitrogen and oxygen atoms in total. The molecule has 1 saturated carbocycles. The van der Waals surface area contributed by atoms with Gasteiger partial charge in [0.1, 0.15) is 28.5 Å². The molecule has 1 aliphatic heterocycles. The summed E-state index contributed by atoms with van der Waals surface area (Å²) in [7, 11) is -2.13. The van der Waals surface area contributed by atoms with Crippen molar-refractivity contribution in [3.8, 4) is 22.9 Å². The fraction of sp³-hybridized carbons (Fsp3) is 0.375. The van der Waals surface area contributed by atoms with E-state index in [1.165, 1.54) is 18.5 Å². The van der Waals surface area contributed by atoms with E-state index in [1.807, 2.05) is 4.72 Å². The van der Waals surface area contributed by atoms with Crippen LogP contribution in [0.25, 0.3) is 11.3 Å². The molecule has 1 aliphatic carbocycles. The van der Waals surface area contributed by atoms with Crippen molar-refractivity contribution >= 4 is 22.6 Å². The van der Waals surface area contributed by atoms with Gasteiger partial charge in [0.25, 0.3) is 0 Å². The smallest absolute Gasteiger partial charge is 0.228 e. The first-order valence-corrected chi connectivity index (χ1v) is 13.0. The van der Waals surface area contributed by atoms with Crippen molar-refractivity contribution in [3.63, 3.8) is 0 Å². The van der Waals surface area contributed by atoms with Crippen molar-refractivity contribution in [1.29, 1.82) is 0 Å². The molecule has 1 saturated heterocycles. The van der Waals surface area contributed by atoms with Gasteiger partial charge >= 0.3 is 0 Å². The lowest BCUT2D eigenvalue weighted by molar-refractivity contribution is 0.266. The van der Waals surface area contributed by atoms with Crippen molar-refractivity contribution in [2.45, 2.75) is 37.5 Å². The molecule has 3 heterocycles. The second kappa shape index (κ2) is 12.0. The second-order valence-corrected chi connectivity index (χ2v) is 9.99. The lowest BCUT2D eigenvalue weighted by atomic mass is 10.1. The van der Waals surface area contributed by atoms with Crippen molar-refractivity contribution in [1.82, 2.24) is 20.3 Å². The third-order valence-electron chi connectivity index (χ3n) is 5.69. The molecular formula is C24H25F5N6O2S. The van der Waals surface area contributed by atoms with E-state index >= 15 is 0 Å². The number of nitrogens with one attached hydrogen (secondary N) is 2. The first-order chi connectivity index (χ1) is 18.1. The summed E-state index contributed by atoms with van der Waals surface area (Å²) in [5.74, 6) is -5.93. The molecule has 2 fully saturated rings. The summed E-state index contributed by atoms with van der Waals surface area (Å²) in [5.41, 5.74) is 3.54. The van der Waals surface area contributed by atoms with E-state index in [9.17, 15) is 26.2 Å². The monoisotopic (exact) mass is 556 g/mol. The molecule has 3 aromatic rings. The summed E-state index contributed by atoms with van der Waals surface area (Å²) in [4.78, 5) is 11.7. The van der Waals surface area contributed by atoms with E-state index in [2.05, 4.69) is 20.3 Å². The lowest BCUT2D eigenvalue weighted by Crippen LogP contribution is -2.30. The first-order valence-electron chi connectivity index (χ1n) is 11.7. The van der Waals surface area contributed by atoms with Gasteiger partial charge in [-0.25, -0.2) is 36.7 Å². The standard InChI is InChI=1S/C19H15F4N5O2S.C5H10FN/c20-11-8-13(14(21)15(22)16(11)28-31(29)9-19(23)4-5-19)30-17-10(2-1-6-25-17)12-3-7-26-18(24)27-12;6-5-2-1-3-7-4-5/h1-3,6-8,28H,4-5,9H2,(H2,24,26,27);5,7H,1-4H2. The molecule has 0 bridgehead atoms. The highest BCUT2D eigenvalue weighted by Crippen LogP contribution is 2.41. The number of halogens is 5. The quantitative estimate of drug-likeness (QED) is 0.288. The summed E-state index contributed by atoms with van der Waals surface area (Å²) in [6.07, 6.45) is 4.34. The molecule has 204 valence electrons. The van der Waals surface area contributed by atoms with Gasteiger partial charge < -0.3 is 15.8 Å². The summed E-state index contributed by atoms with van der Waals surface area (Å²) in [6, 6.07) is 5.17. The molecule has 2 unspecified atom stereocenters. The van der Waals surface area contributed by atoms with Gasteiger partial charge in [0, 0.05) is 25.0 Å². The second-order valence-electron chi connectivity index (χ2n) is 8.80. The lowest BCUT2D eigenvalue weighted by Gasteiger charge is -2.14. The Morgan fingerprint density at radius 3 is 2.61 bits per heavy atom. The number of benzene rings is 1. The maximum Gasteiger partial charge on any atom is 0.228 e. The molecule has 4 N–H and O–H groups in total. The highest BCUT2D eigenvalue weighted by atomic mass is 32.2. The van der Waals surface area contributed by atoms with E-state index in [0.29, 0.717) is 18.3 Å². The minimum absolute atomic E-state index is 0.0275. The van der Waals surface area contributed by atoms with Crippen LogP contribution in [0, 0.1) is 17.5 Å². The van der Waals surface area contributed by atoms with Gasteiger partial charge in [0.05, 0.1) is 17.0 Å². The third-order valence-corrected chi connectivity index (χ3v) is 6.90.